The van der Waals surface area contributed by atoms with Gasteiger partial charge in [-0.2, -0.15) is 0 Å². The predicted molar refractivity (Wildman–Crippen MR) is 84.6 cm³/mol. The summed E-state index contributed by atoms with van der Waals surface area (Å²) < 4.78 is 0. The first kappa shape index (κ1) is 12.7. The van der Waals surface area contributed by atoms with Crippen LogP contribution >= 0.6 is 11.3 Å². The topological polar surface area (TPSA) is 67.1 Å². The minimum atomic E-state index is 0.702. The number of anilines is 1. The molecule has 21 heavy (non-hydrogen) atoms. The summed E-state index contributed by atoms with van der Waals surface area (Å²) in [6, 6.07) is 10.5. The molecule has 1 aliphatic rings. The van der Waals surface area contributed by atoms with E-state index in [0.29, 0.717) is 5.82 Å². The number of hydrogen-bond donors (Lipinski definition) is 2. The van der Waals surface area contributed by atoms with Crippen molar-refractivity contribution in [2.75, 3.05) is 5.43 Å². The maximum Gasteiger partial charge on any atom is 0.152 e. The monoisotopic (exact) mass is 297 g/mol. The highest BCUT2D eigenvalue weighted by atomic mass is 32.1. The van der Waals surface area contributed by atoms with Crippen LogP contribution in [0.15, 0.2) is 35.7 Å². The van der Waals surface area contributed by atoms with Gasteiger partial charge in [0.15, 0.2) is 5.82 Å². The summed E-state index contributed by atoms with van der Waals surface area (Å²) in [5.74, 6) is 7.08. The summed E-state index contributed by atoms with van der Waals surface area (Å²) in [5, 5.41) is 2.99. The van der Waals surface area contributed by atoms with E-state index >= 15 is 0 Å². The highest BCUT2D eigenvalue weighted by Gasteiger charge is 2.19. The number of fused-ring (bicyclic) bond motifs is 2. The molecule has 0 fully saturated rings. The van der Waals surface area contributed by atoms with Gasteiger partial charge in [0.2, 0.25) is 0 Å². The third-order valence-electron chi connectivity index (χ3n) is 3.78. The Bertz CT molecular complexity index is 773. The Kier molecular flexibility index (Phi) is 3.07. The van der Waals surface area contributed by atoms with Crippen molar-refractivity contribution in [3.05, 3.63) is 52.7 Å². The van der Waals surface area contributed by atoms with Gasteiger partial charge in [0.25, 0.3) is 0 Å². The van der Waals surface area contributed by atoms with Crippen molar-refractivity contribution in [2.24, 2.45) is 5.84 Å². The Balaban J connectivity index is 1.61. The molecule has 0 bridgehead atoms. The van der Waals surface area contributed by atoms with Gasteiger partial charge >= 0.3 is 0 Å². The molecule has 0 atom stereocenters. The Hall–Kier alpha value is -2.02. The fourth-order valence-corrected chi connectivity index (χ4v) is 3.58. The highest BCUT2D eigenvalue weighted by molar-refractivity contribution is 7.16. The van der Waals surface area contributed by atoms with Crippen LogP contribution in [0, 0.1) is 0 Å². The summed E-state index contributed by atoms with van der Waals surface area (Å²) in [6.07, 6.45) is 0. The van der Waals surface area contributed by atoms with Crippen LogP contribution in [-0.4, -0.2) is 14.9 Å². The normalized spacial score (nSPS) is 14.5. The van der Waals surface area contributed by atoms with Crippen molar-refractivity contribution in [1.82, 2.24) is 14.9 Å². The molecule has 4 rings (SSSR count). The highest BCUT2D eigenvalue weighted by Crippen LogP contribution is 2.27. The molecule has 2 aromatic heterocycles. The van der Waals surface area contributed by atoms with Gasteiger partial charge in [-0.25, -0.2) is 15.8 Å². The van der Waals surface area contributed by atoms with Crippen molar-refractivity contribution in [1.29, 1.82) is 0 Å². The molecular formula is C15H15N5S. The summed E-state index contributed by atoms with van der Waals surface area (Å²) >= 11 is 1.61. The fourth-order valence-electron chi connectivity index (χ4n) is 2.80. The third-order valence-corrected chi connectivity index (χ3v) is 4.59. The molecule has 0 spiro atoms. The number of nitrogen functional groups attached to an aromatic ring is 1. The lowest BCUT2D eigenvalue weighted by Gasteiger charge is -2.14. The van der Waals surface area contributed by atoms with Crippen molar-refractivity contribution in [2.45, 2.75) is 19.6 Å². The van der Waals surface area contributed by atoms with Gasteiger partial charge in [-0.05, 0) is 22.6 Å². The molecule has 1 aliphatic heterocycles. The zero-order valence-electron chi connectivity index (χ0n) is 11.4. The number of hydrazine groups is 1. The number of nitrogens with two attached hydrogens (primary N) is 1. The largest absolute Gasteiger partial charge is 0.308 e. The first-order valence-corrected chi connectivity index (χ1v) is 7.71. The van der Waals surface area contributed by atoms with Gasteiger partial charge in [-0.1, -0.05) is 24.3 Å². The maximum absolute atomic E-state index is 5.57. The van der Waals surface area contributed by atoms with Crippen molar-refractivity contribution < 1.29 is 0 Å². The summed E-state index contributed by atoms with van der Waals surface area (Å²) in [7, 11) is 0. The van der Waals surface area contributed by atoms with E-state index in [1.165, 1.54) is 11.1 Å². The molecule has 5 nitrogen and oxygen atoms in total. The molecule has 3 aromatic rings. The molecule has 6 heteroatoms. The summed E-state index contributed by atoms with van der Waals surface area (Å²) in [5.41, 5.74) is 5.47. The Morgan fingerprint density at radius 2 is 1.90 bits per heavy atom. The number of aromatic nitrogens is 2. The first-order valence-electron chi connectivity index (χ1n) is 6.83. The second kappa shape index (κ2) is 5.07. The lowest BCUT2D eigenvalue weighted by Crippen LogP contribution is -2.19. The molecule has 0 aliphatic carbocycles. The number of rotatable bonds is 3. The third kappa shape index (κ3) is 2.27. The lowest BCUT2D eigenvalue weighted by molar-refractivity contribution is 0.269. The molecule has 106 valence electrons. The van der Waals surface area contributed by atoms with Gasteiger partial charge < -0.3 is 5.43 Å². The summed E-state index contributed by atoms with van der Waals surface area (Å²) in [4.78, 5) is 12.5. The second-order valence-corrected chi connectivity index (χ2v) is 6.08. The van der Waals surface area contributed by atoms with E-state index in [2.05, 4.69) is 44.6 Å². The number of thiophene rings is 1. The molecule has 0 saturated carbocycles. The molecule has 1 aromatic carbocycles. The number of nitrogens with zero attached hydrogens (tertiary/aromatic N) is 3. The average molecular weight is 297 g/mol. The van der Waals surface area contributed by atoms with Gasteiger partial charge in [0, 0.05) is 13.1 Å². The molecular weight excluding hydrogens is 282 g/mol. The van der Waals surface area contributed by atoms with E-state index in [4.69, 9.17) is 5.84 Å². The standard InChI is InChI=1S/C15H15N5S/c16-19-14-12-5-6-21-15(12)18-13(17-14)9-20-7-10-3-1-2-4-11(10)8-20/h1-6H,7-9,16H2,(H,17,18,19). The minimum absolute atomic E-state index is 0.702. The van der Waals surface area contributed by atoms with E-state index < -0.39 is 0 Å². The van der Waals surface area contributed by atoms with Gasteiger partial charge in [-0.3, -0.25) is 4.90 Å². The van der Waals surface area contributed by atoms with E-state index in [1.807, 2.05) is 11.4 Å². The summed E-state index contributed by atoms with van der Waals surface area (Å²) in [6.45, 7) is 2.64. The lowest BCUT2D eigenvalue weighted by atomic mass is 10.1. The van der Waals surface area contributed by atoms with Crippen LogP contribution in [0.25, 0.3) is 10.2 Å². The molecule has 3 N–H and O–H groups in total. The minimum Gasteiger partial charge on any atom is -0.308 e. The number of benzene rings is 1. The smallest absolute Gasteiger partial charge is 0.152 e. The van der Waals surface area contributed by atoms with Crippen LogP contribution in [-0.2, 0) is 19.6 Å². The maximum atomic E-state index is 5.57. The molecule has 0 saturated heterocycles. The van der Waals surface area contributed by atoms with Crippen LogP contribution in [0.3, 0.4) is 0 Å². The Morgan fingerprint density at radius 3 is 2.62 bits per heavy atom. The van der Waals surface area contributed by atoms with Gasteiger partial charge in [0.05, 0.1) is 11.9 Å². The van der Waals surface area contributed by atoms with Crippen LogP contribution in [0.1, 0.15) is 17.0 Å². The van der Waals surface area contributed by atoms with Gasteiger partial charge in [-0.15, -0.1) is 11.3 Å². The second-order valence-electron chi connectivity index (χ2n) is 5.19. The zero-order valence-corrected chi connectivity index (χ0v) is 12.2. The van der Waals surface area contributed by atoms with Crippen LogP contribution in [0.5, 0.6) is 0 Å². The van der Waals surface area contributed by atoms with Crippen molar-refractivity contribution in [3.8, 4) is 0 Å². The van der Waals surface area contributed by atoms with E-state index in [-0.39, 0.29) is 0 Å². The van der Waals surface area contributed by atoms with E-state index in [9.17, 15) is 0 Å². The zero-order chi connectivity index (χ0) is 14.2. The predicted octanol–water partition coefficient (Wildman–Crippen LogP) is 2.49. The van der Waals surface area contributed by atoms with Crippen molar-refractivity contribution >= 4 is 27.4 Å². The Morgan fingerprint density at radius 1 is 1.14 bits per heavy atom. The van der Waals surface area contributed by atoms with E-state index in [1.54, 1.807) is 11.3 Å². The molecule has 0 unspecified atom stereocenters. The average Bonchev–Trinajstić information content (AvgIpc) is 3.11. The number of nitrogens with one attached hydrogen (secondary N) is 1. The quantitative estimate of drug-likeness (QED) is 0.574. The fraction of sp³-hybridized carbons (Fsp3) is 0.200. The van der Waals surface area contributed by atoms with Crippen LogP contribution in [0.4, 0.5) is 5.82 Å². The Labute approximate surface area is 126 Å². The molecule has 0 amide bonds. The molecule has 0 radical (unpaired) electrons. The SMILES string of the molecule is NNc1nc(CN2Cc3ccccc3C2)nc2sccc12. The van der Waals surface area contributed by atoms with Crippen LogP contribution in [0.2, 0.25) is 0 Å². The van der Waals surface area contributed by atoms with E-state index in [0.717, 1.165) is 35.7 Å². The first-order chi connectivity index (χ1) is 10.3. The van der Waals surface area contributed by atoms with Crippen molar-refractivity contribution in [3.63, 3.8) is 0 Å². The molecule has 3 heterocycles. The van der Waals surface area contributed by atoms with Crippen LogP contribution < -0.4 is 11.3 Å². The van der Waals surface area contributed by atoms with Gasteiger partial charge in [0.1, 0.15) is 10.7 Å². The number of hydrogen-bond acceptors (Lipinski definition) is 6.